The zero-order valence-electron chi connectivity index (χ0n) is 13.5. The molecule has 1 amide bonds. The van der Waals surface area contributed by atoms with Crippen molar-refractivity contribution in [3.63, 3.8) is 0 Å². The summed E-state index contributed by atoms with van der Waals surface area (Å²) in [6.45, 7) is 0.174. The quantitative estimate of drug-likeness (QED) is 0.661. The molecule has 4 atom stereocenters. The summed E-state index contributed by atoms with van der Waals surface area (Å²) in [7, 11) is 1.27. The molecule has 0 saturated carbocycles. The number of nitrogens with one attached hydrogen (secondary N) is 1. The number of esters is 1. The predicted molar refractivity (Wildman–Crippen MR) is 86.1 cm³/mol. The van der Waals surface area contributed by atoms with Crippen molar-refractivity contribution < 1.29 is 23.8 Å². The second-order valence-corrected chi connectivity index (χ2v) is 6.04. The Morgan fingerprint density at radius 1 is 1.21 bits per heavy atom. The van der Waals surface area contributed by atoms with Gasteiger partial charge in [-0.3, -0.25) is 0 Å². The van der Waals surface area contributed by atoms with Gasteiger partial charge in [-0.1, -0.05) is 42.5 Å². The number of methoxy groups -OCH3 is 1. The van der Waals surface area contributed by atoms with Gasteiger partial charge in [-0.2, -0.15) is 0 Å². The van der Waals surface area contributed by atoms with Crippen LogP contribution in [0, 0.1) is 5.92 Å². The first-order valence-electron chi connectivity index (χ1n) is 8.04. The number of fused-ring (bicyclic) bond motifs is 2. The maximum atomic E-state index is 12.5. The Bertz CT molecular complexity index is 601. The van der Waals surface area contributed by atoms with Crippen LogP contribution in [0.15, 0.2) is 42.5 Å². The summed E-state index contributed by atoms with van der Waals surface area (Å²) in [5.41, 5.74) is 0.899. The molecule has 24 heavy (non-hydrogen) atoms. The van der Waals surface area contributed by atoms with Crippen LogP contribution in [0.5, 0.6) is 0 Å². The van der Waals surface area contributed by atoms with Crippen LogP contribution in [0.25, 0.3) is 0 Å². The number of hydrogen-bond donors (Lipinski definition) is 1. The molecule has 1 unspecified atom stereocenters. The minimum absolute atomic E-state index is 0.00220. The molecule has 2 heterocycles. The number of benzene rings is 1. The number of rotatable bonds is 5. The smallest absolute Gasteiger partial charge is 0.407 e. The monoisotopic (exact) mass is 331 g/mol. The molecule has 6 heteroatoms. The highest BCUT2D eigenvalue weighted by molar-refractivity contribution is 5.81. The van der Waals surface area contributed by atoms with Gasteiger partial charge in [0.2, 0.25) is 0 Å². The van der Waals surface area contributed by atoms with E-state index in [4.69, 9.17) is 9.47 Å². The first-order chi connectivity index (χ1) is 11.7. The third kappa shape index (κ3) is 3.94. The summed E-state index contributed by atoms with van der Waals surface area (Å²) in [4.78, 5) is 24.2. The normalized spacial score (nSPS) is 25.8. The Labute approximate surface area is 140 Å². The fourth-order valence-corrected chi connectivity index (χ4v) is 3.17. The van der Waals surface area contributed by atoms with Crippen LogP contribution in [0.2, 0.25) is 0 Å². The molecule has 128 valence electrons. The Morgan fingerprint density at radius 2 is 1.88 bits per heavy atom. The Kier molecular flexibility index (Phi) is 5.15. The number of carbonyl (C=O) groups is 2. The van der Waals surface area contributed by atoms with E-state index in [0.29, 0.717) is 12.8 Å². The molecule has 2 aliphatic heterocycles. The van der Waals surface area contributed by atoms with Gasteiger partial charge in [0.05, 0.1) is 19.3 Å². The average molecular weight is 331 g/mol. The standard InChI is InChI=1S/C18H21NO5/c1-22-18(21)19-16(13-9-14-7-8-15(10-13)24-14)17(20)23-11-12-5-3-2-4-6-12/h2-8,13-16H,9-11H2,1H3,(H,19,21)/t13?,14-,15+,16-/m0/s1. The van der Waals surface area contributed by atoms with Crippen molar-refractivity contribution in [1.29, 1.82) is 0 Å². The van der Waals surface area contributed by atoms with Gasteiger partial charge in [0.15, 0.2) is 0 Å². The van der Waals surface area contributed by atoms with E-state index < -0.39 is 18.1 Å². The number of hydrogen-bond acceptors (Lipinski definition) is 5. The van der Waals surface area contributed by atoms with Gasteiger partial charge in [-0.25, -0.2) is 9.59 Å². The molecule has 6 nitrogen and oxygen atoms in total. The van der Waals surface area contributed by atoms with E-state index in [0.717, 1.165) is 5.56 Å². The van der Waals surface area contributed by atoms with Gasteiger partial charge in [0.25, 0.3) is 0 Å². The third-order valence-corrected chi connectivity index (χ3v) is 4.37. The Hall–Kier alpha value is -2.34. The summed E-state index contributed by atoms with van der Waals surface area (Å²) in [6.07, 6.45) is 4.72. The van der Waals surface area contributed by atoms with Crippen LogP contribution in [-0.4, -0.2) is 37.4 Å². The molecule has 1 fully saturated rings. The molecular weight excluding hydrogens is 310 g/mol. The van der Waals surface area contributed by atoms with Crippen molar-refractivity contribution >= 4 is 12.1 Å². The number of alkyl carbamates (subject to hydrolysis) is 1. The van der Waals surface area contributed by atoms with Crippen molar-refractivity contribution in [2.45, 2.75) is 37.7 Å². The zero-order chi connectivity index (χ0) is 16.9. The predicted octanol–water partition coefficient (Wildman–Crippen LogP) is 2.19. The van der Waals surface area contributed by atoms with E-state index >= 15 is 0 Å². The number of carbonyl (C=O) groups excluding carboxylic acids is 2. The zero-order valence-corrected chi connectivity index (χ0v) is 13.5. The highest BCUT2D eigenvalue weighted by Crippen LogP contribution is 2.33. The molecule has 3 rings (SSSR count). The summed E-state index contributed by atoms with van der Waals surface area (Å²) in [5, 5.41) is 2.62. The molecule has 1 aromatic rings. The first kappa shape index (κ1) is 16.5. The van der Waals surface area contributed by atoms with Gasteiger partial charge in [0, 0.05) is 0 Å². The lowest BCUT2D eigenvalue weighted by Crippen LogP contribution is -2.49. The van der Waals surface area contributed by atoms with Crippen molar-refractivity contribution in [2.24, 2.45) is 5.92 Å². The van der Waals surface area contributed by atoms with E-state index in [1.165, 1.54) is 7.11 Å². The van der Waals surface area contributed by atoms with Crippen LogP contribution in [0.3, 0.4) is 0 Å². The molecule has 2 bridgehead atoms. The number of ether oxygens (including phenoxy) is 3. The molecule has 1 N–H and O–H groups in total. The second-order valence-electron chi connectivity index (χ2n) is 6.04. The lowest BCUT2D eigenvalue weighted by Gasteiger charge is -2.33. The van der Waals surface area contributed by atoms with Gasteiger partial charge < -0.3 is 19.5 Å². The summed E-state index contributed by atoms with van der Waals surface area (Å²) in [5.74, 6) is -0.498. The van der Waals surface area contributed by atoms with Crippen LogP contribution in [0.1, 0.15) is 18.4 Å². The lowest BCUT2D eigenvalue weighted by atomic mass is 9.88. The van der Waals surface area contributed by atoms with Crippen LogP contribution >= 0.6 is 0 Å². The first-order valence-corrected chi connectivity index (χ1v) is 8.04. The van der Waals surface area contributed by atoms with Gasteiger partial charge in [-0.05, 0) is 24.3 Å². The maximum absolute atomic E-state index is 12.5. The topological polar surface area (TPSA) is 73.9 Å². The molecule has 2 aliphatic rings. The lowest BCUT2D eigenvalue weighted by molar-refractivity contribution is -0.150. The van der Waals surface area contributed by atoms with Gasteiger partial charge >= 0.3 is 12.1 Å². The van der Waals surface area contributed by atoms with Crippen LogP contribution in [0.4, 0.5) is 4.79 Å². The number of amides is 1. The van der Waals surface area contributed by atoms with Crippen molar-refractivity contribution in [3.05, 3.63) is 48.0 Å². The van der Waals surface area contributed by atoms with Crippen LogP contribution in [-0.2, 0) is 25.6 Å². The maximum Gasteiger partial charge on any atom is 0.407 e. The minimum atomic E-state index is -0.741. The van der Waals surface area contributed by atoms with E-state index in [1.54, 1.807) is 0 Å². The van der Waals surface area contributed by atoms with E-state index in [-0.39, 0.29) is 24.7 Å². The molecule has 0 spiro atoms. The van der Waals surface area contributed by atoms with Gasteiger partial charge in [0.1, 0.15) is 12.6 Å². The SMILES string of the molecule is COC(=O)N[C@H](C(=O)OCc1ccccc1)C1C[C@H]2C=C[C@@H](C1)O2. The van der Waals surface area contributed by atoms with Gasteiger partial charge in [-0.15, -0.1) is 0 Å². The van der Waals surface area contributed by atoms with Crippen molar-refractivity contribution in [2.75, 3.05) is 7.11 Å². The third-order valence-electron chi connectivity index (χ3n) is 4.37. The molecule has 1 aromatic carbocycles. The molecule has 1 saturated heterocycles. The largest absolute Gasteiger partial charge is 0.459 e. The minimum Gasteiger partial charge on any atom is -0.459 e. The Morgan fingerprint density at radius 3 is 2.50 bits per heavy atom. The Balaban J connectivity index is 1.65. The average Bonchev–Trinajstić information content (AvgIpc) is 2.96. The summed E-state index contributed by atoms with van der Waals surface area (Å²) >= 11 is 0. The molecule has 0 aromatic heterocycles. The second kappa shape index (κ2) is 7.49. The molecule has 0 aliphatic carbocycles. The van der Waals surface area contributed by atoms with Crippen LogP contribution < -0.4 is 5.32 Å². The fraction of sp³-hybridized carbons (Fsp3) is 0.444. The van der Waals surface area contributed by atoms with E-state index in [2.05, 4.69) is 10.1 Å². The summed E-state index contributed by atoms with van der Waals surface area (Å²) in [6, 6.07) is 8.70. The van der Waals surface area contributed by atoms with Crippen molar-refractivity contribution in [1.82, 2.24) is 5.32 Å². The van der Waals surface area contributed by atoms with E-state index in [1.807, 2.05) is 42.5 Å². The summed E-state index contributed by atoms with van der Waals surface area (Å²) < 4.78 is 15.8. The van der Waals surface area contributed by atoms with E-state index in [9.17, 15) is 9.59 Å². The van der Waals surface area contributed by atoms with Crippen molar-refractivity contribution in [3.8, 4) is 0 Å². The highest BCUT2D eigenvalue weighted by Gasteiger charge is 2.39. The molecule has 0 radical (unpaired) electrons. The highest BCUT2D eigenvalue weighted by atomic mass is 16.5. The molecular formula is C18H21NO5. The fourth-order valence-electron chi connectivity index (χ4n) is 3.17.